The maximum atomic E-state index is 14.1. The molecule has 0 saturated carbocycles. The summed E-state index contributed by atoms with van der Waals surface area (Å²) in [4.78, 5) is 0. The van der Waals surface area contributed by atoms with E-state index < -0.39 is 35.9 Å². The van der Waals surface area contributed by atoms with Crippen molar-refractivity contribution in [1.82, 2.24) is 0 Å². The van der Waals surface area contributed by atoms with Crippen LogP contribution in [0.1, 0.15) is 38.8 Å². The molecular weight excluding hydrogens is 447 g/mol. The molecule has 1 aliphatic rings. The number of ether oxygens (including phenoxy) is 1. The normalized spacial score (nSPS) is 17.1. The highest BCUT2D eigenvalue weighted by atomic mass is 19.4. The van der Waals surface area contributed by atoms with E-state index in [2.05, 4.69) is 0 Å². The van der Waals surface area contributed by atoms with E-state index in [1.54, 1.807) is 0 Å². The highest BCUT2D eigenvalue weighted by molar-refractivity contribution is 6.62. The average molecular weight is 472 g/mol. The van der Waals surface area contributed by atoms with Crippen LogP contribution in [0.25, 0.3) is 11.1 Å². The number of hydrogen-bond acceptors (Lipinski definition) is 3. The Morgan fingerprint density at radius 1 is 0.824 bits per heavy atom. The minimum Gasteiger partial charge on any atom is -0.489 e. The first kappa shape index (κ1) is 24.3. The van der Waals surface area contributed by atoms with Crippen molar-refractivity contribution in [1.29, 1.82) is 0 Å². The molecule has 4 rings (SSSR count). The monoisotopic (exact) mass is 472 g/mol. The molecular formula is C26H25BF4O3. The molecule has 0 spiro atoms. The third-order valence-electron chi connectivity index (χ3n) is 6.37. The Labute approximate surface area is 196 Å². The first-order chi connectivity index (χ1) is 15.9. The lowest BCUT2D eigenvalue weighted by Gasteiger charge is -2.32. The molecule has 0 atom stereocenters. The van der Waals surface area contributed by atoms with Gasteiger partial charge in [0.05, 0.1) is 16.8 Å². The predicted molar refractivity (Wildman–Crippen MR) is 123 cm³/mol. The smallest absolute Gasteiger partial charge is 0.489 e. The molecule has 0 aliphatic carbocycles. The van der Waals surface area contributed by atoms with Gasteiger partial charge in [-0.2, -0.15) is 13.2 Å². The Hall–Kier alpha value is -2.84. The van der Waals surface area contributed by atoms with Crippen LogP contribution < -0.4 is 10.2 Å². The molecule has 1 heterocycles. The highest BCUT2D eigenvalue weighted by Crippen LogP contribution is 2.40. The van der Waals surface area contributed by atoms with Gasteiger partial charge in [-0.25, -0.2) is 4.39 Å². The van der Waals surface area contributed by atoms with E-state index in [0.29, 0.717) is 0 Å². The lowest BCUT2D eigenvalue weighted by molar-refractivity contribution is -0.137. The molecule has 0 N–H and O–H groups in total. The van der Waals surface area contributed by atoms with Gasteiger partial charge in [0.15, 0.2) is 0 Å². The van der Waals surface area contributed by atoms with Crippen LogP contribution >= 0.6 is 0 Å². The molecule has 0 bridgehead atoms. The Bertz CT molecular complexity index is 1160. The van der Waals surface area contributed by atoms with Crippen molar-refractivity contribution < 1.29 is 31.6 Å². The van der Waals surface area contributed by atoms with Gasteiger partial charge in [0, 0.05) is 5.56 Å². The number of halogens is 4. The molecule has 3 aromatic rings. The van der Waals surface area contributed by atoms with Gasteiger partial charge >= 0.3 is 13.3 Å². The maximum Gasteiger partial charge on any atom is 0.494 e. The standard InChI is InChI=1S/C26H25BF4O3/c1-24(2)25(3,4)34-27(33-24)18-11-9-17(10-12-18)16-32-19-13-14-20(22(15-19)26(29,30)31)21-7-5-6-8-23(21)28/h5-15H,16H2,1-4H3. The minimum atomic E-state index is -4.67. The molecule has 1 fully saturated rings. The molecule has 0 unspecified atom stereocenters. The van der Waals surface area contributed by atoms with E-state index in [9.17, 15) is 17.6 Å². The summed E-state index contributed by atoms with van der Waals surface area (Å²) in [6.07, 6.45) is -4.67. The van der Waals surface area contributed by atoms with Gasteiger partial charge in [-0.3, -0.25) is 0 Å². The summed E-state index contributed by atoms with van der Waals surface area (Å²) >= 11 is 0. The summed E-state index contributed by atoms with van der Waals surface area (Å²) in [6, 6.07) is 16.3. The lowest BCUT2D eigenvalue weighted by atomic mass is 9.79. The molecule has 1 saturated heterocycles. The predicted octanol–water partition coefficient (Wildman–Crippen LogP) is 6.39. The third-order valence-corrected chi connectivity index (χ3v) is 6.37. The zero-order valence-electron chi connectivity index (χ0n) is 19.4. The fraction of sp³-hybridized carbons (Fsp3) is 0.308. The molecule has 8 heteroatoms. The maximum absolute atomic E-state index is 14.1. The zero-order valence-corrected chi connectivity index (χ0v) is 19.4. The summed E-state index contributed by atoms with van der Waals surface area (Å²) in [5.41, 5.74) is -0.590. The van der Waals surface area contributed by atoms with E-state index in [0.717, 1.165) is 23.2 Å². The van der Waals surface area contributed by atoms with Crippen LogP contribution in [0.5, 0.6) is 5.75 Å². The van der Waals surface area contributed by atoms with Crippen molar-refractivity contribution in [2.24, 2.45) is 0 Å². The Balaban J connectivity index is 1.49. The summed E-state index contributed by atoms with van der Waals surface area (Å²) < 4.78 is 72.9. The number of rotatable bonds is 5. The van der Waals surface area contributed by atoms with Crippen molar-refractivity contribution in [3.8, 4) is 16.9 Å². The van der Waals surface area contributed by atoms with Gasteiger partial charge in [-0.15, -0.1) is 0 Å². The Morgan fingerprint density at radius 2 is 1.44 bits per heavy atom. The number of benzene rings is 3. The zero-order chi connectivity index (χ0) is 24.7. The molecule has 1 aliphatic heterocycles. The molecule has 0 amide bonds. The molecule has 34 heavy (non-hydrogen) atoms. The Kier molecular flexibility index (Phi) is 6.25. The highest BCUT2D eigenvalue weighted by Gasteiger charge is 2.51. The SMILES string of the molecule is CC1(C)OB(c2ccc(COc3ccc(-c4ccccc4F)c(C(F)(F)F)c3)cc2)OC1(C)C. The van der Waals surface area contributed by atoms with Gasteiger partial charge in [0.25, 0.3) is 0 Å². The van der Waals surface area contributed by atoms with E-state index in [1.165, 1.54) is 30.3 Å². The van der Waals surface area contributed by atoms with Crippen molar-refractivity contribution in [2.45, 2.75) is 51.7 Å². The average Bonchev–Trinajstić information content (AvgIpc) is 2.99. The quantitative estimate of drug-likeness (QED) is 0.318. The largest absolute Gasteiger partial charge is 0.494 e. The van der Waals surface area contributed by atoms with E-state index in [1.807, 2.05) is 52.0 Å². The van der Waals surface area contributed by atoms with Crippen LogP contribution in [0.4, 0.5) is 17.6 Å². The molecule has 178 valence electrons. The first-order valence-electron chi connectivity index (χ1n) is 10.9. The second-order valence-electron chi connectivity index (χ2n) is 9.30. The van der Waals surface area contributed by atoms with E-state index >= 15 is 0 Å². The van der Waals surface area contributed by atoms with E-state index in [4.69, 9.17) is 14.0 Å². The first-order valence-corrected chi connectivity index (χ1v) is 10.9. The van der Waals surface area contributed by atoms with Gasteiger partial charge in [-0.05, 0) is 68.6 Å². The fourth-order valence-electron chi connectivity index (χ4n) is 3.68. The molecule has 0 radical (unpaired) electrons. The van der Waals surface area contributed by atoms with Crippen LogP contribution in [0, 0.1) is 5.82 Å². The van der Waals surface area contributed by atoms with Crippen LogP contribution in [0.15, 0.2) is 66.7 Å². The van der Waals surface area contributed by atoms with E-state index in [-0.39, 0.29) is 23.5 Å². The number of alkyl halides is 3. The van der Waals surface area contributed by atoms with Gasteiger partial charge < -0.3 is 14.0 Å². The van der Waals surface area contributed by atoms with Crippen molar-refractivity contribution in [2.75, 3.05) is 0 Å². The van der Waals surface area contributed by atoms with Crippen LogP contribution in [0.3, 0.4) is 0 Å². The Morgan fingerprint density at radius 3 is 2.03 bits per heavy atom. The summed E-state index contributed by atoms with van der Waals surface area (Å²) in [6.45, 7) is 7.97. The molecule has 3 nitrogen and oxygen atoms in total. The van der Waals surface area contributed by atoms with Gasteiger partial charge in [0.2, 0.25) is 0 Å². The van der Waals surface area contributed by atoms with Crippen molar-refractivity contribution in [3.63, 3.8) is 0 Å². The van der Waals surface area contributed by atoms with Gasteiger partial charge in [0.1, 0.15) is 18.2 Å². The fourth-order valence-corrected chi connectivity index (χ4v) is 3.68. The lowest BCUT2D eigenvalue weighted by Crippen LogP contribution is -2.41. The van der Waals surface area contributed by atoms with Crippen molar-refractivity contribution >= 4 is 12.6 Å². The van der Waals surface area contributed by atoms with Gasteiger partial charge in [-0.1, -0.05) is 42.5 Å². The van der Waals surface area contributed by atoms with Crippen LogP contribution in [-0.2, 0) is 22.1 Å². The van der Waals surface area contributed by atoms with Crippen molar-refractivity contribution in [3.05, 3.63) is 83.7 Å². The minimum absolute atomic E-state index is 0.0439. The summed E-state index contributed by atoms with van der Waals surface area (Å²) in [7, 11) is -0.500. The second-order valence-corrected chi connectivity index (χ2v) is 9.30. The third kappa shape index (κ3) is 4.84. The topological polar surface area (TPSA) is 27.7 Å². The summed E-state index contributed by atoms with van der Waals surface area (Å²) in [5, 5.41) is 0. The van der Waals surface area contributed by atoms with Crippen LogP contribution in [-0.4, -0.2) is 18.3 Å². The second kappa shape index (κ2) is 8.75. The molecule has 3 aromatic carbocycles. The molecule has 0 aromatic heterocycles. The number of hydrogen-bond donors (Lipinski definition) is 0. The van der Waals surface area contributed by atoms with Crippen LogP contribution in [0.2, 0.25) is 0 Å². The summed E-state index contributed by atoms with van der Waals surface area (Å²) in [5.74, 6) is -0.675.